The van der Waals surface area contributed by atoms with Crippen LogP contribution in [-0.4, -0.2) is 40.2 Å². The van der Waals surface area contributed by atoms with Crippen molar-refractivity contribution in [1.82, 2.24) is 5.48 Å². The quantitative estimate of drug-likeness (QED) is 0.166. The molecule has 6 N–H and O–H groups in total. The summed E-state index contributed by atoms with van der Waals surface area (Å²) in [6, 6.07) is 10.9. The summed E-state index contributed by atoms with van der Waals surface area (Å²) in [5, 5.41) is 10.8. The van der Waals surface area contributed by atoms with Crippen LogP contribution in [0.3, 0.4) is 0 Å². The zero-order valence-electron chi connectivity index (χ0n) is 22.6. The van der Waals surface area contributed by atoms with Crippen molar-refractivity contribution in [3.05, 3.63) is 47.5 Å². The number of aliphatic carboxylic acids is 1. The zero-order chi connectivity index (χ0) is 28.4. The molecule has 0 heterocycles. The van der Waals surface area contributed by atoms with E-state index in [4.69, 9.17) is 31.2 Å². The number of fused-ring (bicyclic) bond motifs is 1. The third kappa shape index (κ3) is 12.9. The second-order valence-corrected chi connectivity index (χ2v) is 10.4. The number of benzene rings is 2. The number of carboxylic acids is 1. The Morgan fingerprint density at radius 3 is 2.08 bits per heavy atom. The number of nitrogens with two attached hydrogens (primary N) is 2. The summed E-state index contributed by atoms with van der Waals surface area (Å²) in [5.74, 6) is -2.15. The third-order valence-electron chi connectivity index (χ3n) is 4.52. The minimum Gasteiger partial charge on any atom is -0.481 e. The molecular formula is C27H39N3O7. The van der Waals surface area contributed by atoms with Crippen LogP contribution in [0.25, 0.3) is 16.8 Å². The van der Waals surface area contributed by atoms with Gasteiger partial charge < -0.3 is 16.6 Å². The lowest BCUT2D eigenvalue weighted by Crippen LogP contribution is -2.43. The van der Waals surface area contributed by atoms with Crippen LogP contribution < -0.4 is 16.9 Å². The average Bonchev–Trinajstić information content (AvgIpc) is 2.77. The summed E-state index contributed by atoms with van der Waals surface area (Å²) < 4.78 is 0. The van der Waals surface area contributed by atoms with Crippen molar-refractivity contribution in [3.8, 4) is 0 Å². The first-order chi connectivity index (χ1) is 17.0. The van der Waals surface area contributed by atoms with Gasteiger partial charge in [-0.05, 0) is 89.4 Å². The van der Waals surface area contributed by atoms with E-state index in [1.54, 1.807) is 54.5 Å². The largest absolute Gasteiger partial charge is 0.481 e. The number of hydroxylamine groups is 1. The summed E-state index contributed by atoms with van der Waals surface area (Å²) in [7, 11) is 0. The maximum absolute atomic E-state index is 11.8. The molecule has 2 aromatic rings. The van der Waals surface area contributed by atoms with Crippen LogP contribution in [0.1, 0.15) is 66.9 Å². The molecule has 2 rings (SSSR count). The minimum atomic E-state index is -1.00. The summed E-state index contributed by atoms with van der Waals surface area (Å²) in [4.78, 5) is 48.3. The highest BCUT2D eigenvalue weighted by molar-refractivity contribution is 5.98. The predicted molar refractivity (Wildman–Crippen MR) is 143 cm³/mol. The van der Waals surface area contributed by atoms with Crippen LogP contribution >= 0.6 is 0 Å². The summed E-state index contributed by atoms with van der Waals surface area (Å²) in [6.07, 6.45) is 1.57. The number of hydrogen-bond donors (Lipinski definition) is 4. The molecule has 37 heavy (non-hydrogen) atoms. The first kappa shape index (κ1) is 31.6. The molecule has 0 aliphatic carbocycles. The van der Waals surface area contributed by atoms with Gasteiger partial charge in [0, 0.05) is 17.7 Å². The van der Waals surface area contributed by atoms with E-state index < -0.39 is 35.1 Å². The second kappa shape index (κ2) is 13.7. The van der Waals surface area contributed by atoms with E-state index in [0.29, 0.717) is 11.3 Å². The number of carbonyl (C=O) groups is 3. The van der Waals surface area contributed by atoms with Gasteiger partial charge in [-0.3, -0.25) is 19.3 Å². The number of hydrogen-bond acceptors (Lipinski definition) is 8. The fourth-order valence-corrected chi connectivity index (χ4v) is 2.67. The molecule has 0 saturated carbocycles. The molecule has 0 aliphatic heterocycles. The van der Waals surface area contributed by atoms with E-state index >= 15 is 0 Å². The van der Waals surface area contributed by atoms with Crippen molar-refractivity contribution >= 4 is 40.4 Å². The van der Waals surface area contributed by atoms with E-state index in [1.165, 1.54) is 0 Å². The number of anilines is 1. The second-order valence-electron chi connectivity index (χ2n) is 10.4. The number of nitrogens with one attached hydrogen (secondary N) is 1. The third-order valence-corrected chi connectivity index (χ3v) is 4.52. The fourth-order valence-electron chi connectivity index (χ4n) is 2.67. The van der Waals surface area contributed by atoms with Crippen molar-refractivity contribution < 1.29 is 34.1 Å². The Kier molecular flexibility index (Phi) is 11.7. The Morgan fingerprint density at radius 2 is 1.59 bits per heavy atom. The van der Waals surface area contributed by atoms with Crippen LogP contribution in [0.2, 0.25) is 0 Å². The molecule has 0 saturated heterocycles. The lowest BCUT2D eigenvalue weighted by atomic mass is 10.0. The van der Waals surface area contributed by atoms with Gasteiger partial charge in [0.05, 0.1) is 5.60 Å². The molecule has 10 nitrogen and oxygen atoms in total. The Morgan fingerprint density at radius 1 is 1.03 bits per heavy atom. The molecule has 0 unspecified atom stereocenters. The van der Waals surface area contributed by atoms with Crippen LogP contribution in [0.5, 0.6) is 0 Å². The van der Waals surface area contributed by atoms with Gasteiger partial charge in [-0.1, -0.05) is 24.3 Å². The van der Waals surface area contributed by atoms with Gasteiger partial charge in [0.25, 0.3) is 0 Å². The predicted octanol–water partition coefficient (Wildman–Crippen LogP) is 4.12. The number of carboxylic acid groups (broad SMARTS) is 1. The Balaban J connectivity index is 0.000000373. The lowest BCUT2D eigenvalue weighted by Gasteiger charge is -2.24. The molecular weight excluding hydrogens is 478 g/mol. The molecule has 1 amide bonds. The van der Waals surface area contributed by atoms with Gasteiger partial charge >= 0.3 is 11.9 Å². The van der Waals surface area contributed by atoms with E-state index in [9.17, 15) is 14.4 Å². The van der Waals surface area contributed by atoms with Crippen molar-refractivity contribution in [3.63, 3.8) is 0 Å². The smallest absolute Gasteiger partial charge is 0.361 e. The molecule has 0 fully saturated rings. The lowest BCUT2D eigenvalue weighted by molar-refractivity contribution is -0.323. The standard InChI is InChI=1S/C14H14N2O.C13H25NO6/c1-9(14(16)17)6-12-7-10-4-2-3-5-11(10)8-13(12)15;1-12(2,3)19-14-9(7-8-10(15)16)11(17)18-20-13(4,5)6/h2-8H,15H2,1H3,(H2,16,17);9,14H,7-8H2,1-6H3,(H,15,16)/t;9-/m.0/s1. The molecule has 10 heteroatoms. The van der Waals surface area contributed by atoms with Crippen LogP contribution in [0.15, 0.2) is 42.0 Å². The van der Waals surface area contributed by atoms with Gasteiger partial charge in [0.2, 0.25) is 5.91 Å². The highest BCUT2D eigenvalue weighted by atomic mass is 17.2. The van der Waals surface area contributed by atoms with Crippen molar-refractivity contribution in [2.45, 2.75) is 78.6 Å². The Labute approximate surface area is 217 Å². The van der Waals surface area contributed by atoms with Gasteiger partial charge in [0.15, 0.2) is 0 Å². The first-order valence-corrected chi connectivity index (χ1v) is 11.8. The van der Waals surface area contributed by atoms with E-state index in [1.807, 2.05) is 36.4 Å². The van der Waals surface area contributed by atoms with Crippen LogP contribution in [0, 0.1) is 0 Å². The maximum Gasteiger partial charge on any atom is 0.361 e. The number of rotatable bonds is 9. The van der Waals surface area contributed by atoms with Gasteiger partial charge in [-0.15, -0.1) is 0 Å². The van der Waals surface area contributed by atoms with Gasteiger partial charge in [-0.2, -0.15) is 10.4 Å². The summed E-state index contributed by atoms with van der Waals surface area (Å²) in [6.45, 7) is 12.3. The molecule has 2 aromatic carbocycles. The molecule has 204 valence electrons. The van der Waals surface area contributed by atoms with E-state index in [-0.39, 0.29) is 12.8 Å². The number of nitrogen functional groups attached to an aromatic ring is 1. The van der Waals surface area contributed by atoms with Crippen molar-refractivity contribution in [1.29, 1.82) is 0 Å². The summed E-state index contributed by atoms with van der Waals surface area (Å²) in [5.41, 5.74) is 14.5. The molecule has 0 bridgehead atoms. The molecule has 1 atom stereocenters. The SMILES string of the molecule is CC(=Cc1cc2ccccc2cc1N)C(N)=O.CC(C)(C)ON[C@@H](CCC(=O)O)C(=O)OOC(C)(C)C. The Bertz CT molecular complexity index is 1120. The maximum atomic E-state index is 11.8. The van der Waals surface area contributed by atoms with Gasteiger partial charge in [0.1, 0.15) is 11.6 Å². The minimum absolute atomic E-state index is 0.0394. The topological polar surface area (TPSA) is 163 Å². The van der Waals surface area contributed by atoms with Crippen molar-refractivity contribution in [2.75, 3.05) is 5.73 Å². The molecule has 0 spiro atoms. The van der Waals surface area contributed by atoms with Crippen LogP contribution in [0.4, 0.5) is 5.69 Å². The van der Waals surface area contributed by atoms with E-state index in [2.05, 4.69) is 5.48 Å². The number of carbonyl (C=O) groups excluding carboxylic acids is 2. The molecule has 0 aliphatic rings. The Hall–Kier alpha value is -3.47. The summed E-state index contributed by atoms with van der Waals surface area (Å²) >= 11 is 0. The highest BCUT2D eigenvalue weighted by Crippen LogP contribution is 2.23. The fraction of sp³-hybridized carbons (Fsp3) is 0.444. The first-order valence-electron chi connectivity index (χ1n) is 11.8. The number of primary amides is 1. The van der Waals surface area contributed by atoms with E-state index in [0.717, 1.165) is 16.3 Å². The van der Waals surface area contributed by atoms with Gasteiger partial charge in [-0.25, -0.2) is 4.79 Å². The number of amides is 1. The molecule has 0 aromatic heterocycles. The normalized spacial score (nSPS) is 12.9. The molecule has 0 radical (unpaired) electrons. The monoisotopic (exact) mass is 517 g/mol. The van der Waals surface area contributed by atoms with Crippen molar-refractivity contribution in [2.24, 2.45) is 5.73 Å². The highest BCUT2D eigenvalue weighted by Gasteiger charge is 2.26. The average molecular weight is 518 g/mol. The van der Waals surface area contributed by atoms with Crippen LogP contribution in [-0.2, 0) is 29.0 Å². The zero-order valence-corrected chi connectivity index (χ0v) is 22.6.